The van der Waals surface area contributed by atoms with Crippen LogP contribution in [0.25, 0.3) is 0 Å². The molecule has 0 spiro atoms. The number of carbonyl (C=O) groups excluding carboxylic acids is 1. The fraction of sp³-hybridized carbons (Fsp3) is 0.462. The number of anilines is 2. The molecule has 20 heavy (non-hydrogen) atoms. The Bertz CT molecular complexity index is 653. The van der Waals surface area contributed by atoms with E-state index in [9.17, 15) is 13.2 Å². The summed E-state index contributed by atoms with van der Waals surface area (Å²) in [4.78, 5) is 14.1. The minimum atomic E-state index is -3.56. The Hall–Kier alpha value is -1.60. The third kappa shape index (κ3) is 2.27. The maximum atomic E-state index is 12.3. The zero-order valence-corrected chi connectivity index (χ0v) is 12.8. The molecule has 0 saturated carbocycles. The molecule has 1 amide bonds. The van der Waals surface area contributed by atoms with Crippen LogP contribution in [0.1, 0.15) is 26.3 Å². The Labute approximate surface area is 119 Å². The second kappa shape index (κ2) is 4.75. The number of nitrogens with one attached hydrogen (secondary N) is 2. The van der Waals surface area contributed by atoms with Gasteiger partial charge >= 0.3 is 0 Å². The summed E-state index contributed by atoms with van der Waals surface area (Å²) in [5.74, 6) is 0.0311. The second-order valence-corrected chi connectivity index (χ2v) is 6.84. The summed E-state index contributed by atoms with van der Waals surface area (Å²) in [5, 5.41) is 0. The van der Waals surface area contributed by atoms with Gasteiger partial charge < -0.3 is 4.90 Å². The van der Waals surface area contributed by atoms with Gasteiger partial charge in [0.25, 0.3) is 10.2 Å². The number of likely N-dealkylation sites (N-methyl/N-ethyl adjacent to an activating group) is 1. The Morgan fingerprint density at radius 3 is 2.50 bits per heavy atom. The molecule has 1 heterocycles. The quantitative estimate of drug-likeness (QED) is 0.876. The van der Waals surface area contributed by atoms with Crippen LogP contribution in [0, 0.1) is 0 Å². The Kier molecular flexibility index (Phi) is 3.51. The van der Waals surface area contributed by atoms with Crippen LogP contribution < -0.4 is 14.3 Å². The van der Waals surface area contributed by atoms with Crippen molar-refractivity contribution in [3.05, 3.63) is 23.8 Å². The Balaban J connectivity index is 2.48. The van der Waals surface area contributed by atoms with Crippen molar-refractivity contribution in [1.29, 1.82) is 0 Å². The van der Waals surface area contributed by atoms with E-state index in [0.717, 1.165) is 11.3 Å². The third-order valence-electron chi connectivity index (χ3n) is 3.58. The number of hydrogen-bond acceptors (Lipinski definition) is 3. The highest BCUT2D eigenvalue weighted by atomic mass is 32.2. The molecule has 7 heteroatoms. The first-order valence-corrected chi connectivity index (χ1v) is 7.89. The predicted octanol–water partition coefficient (Wildman–Crippen LogP) is 1.21. The lowest BCUT2D eigenvalue weighted by molar-refractivity contribution is -0.122. The fourth-order valence-electron chi connectivity index (χ4n) is 2.42. The average molecular weight is 297 g/mol. The lowest BCUT2D eigenvalue weighted by Crippen LogP contribution is -2.35. The summed E-state index contributed by atoms with van der Waals surface area (Å²) in [7, 11) is -2.22. The number of benzene rings is 1. The number of nitrogens with zero attached hydrogens (tertiary/aromatic N) is 1. The molecular formula is C13H19N3O3S. The van der Waals surface area contributed by atoms with Crippen LogP contribution in [-0.2, 0) is 20.4 Å². The first-order chi connectivity index (χ1) is 9.23. The summed E-state index contributed by atoms with van der Waals surface area (Å²) in [6.07, 6.45) is 0. The molecule has 1 aliphatic rings. The Morgan fingerprint density at radius 1 is 1.30 bits per heavy atom. The van der Waals surface area contributed by atoms with Crippen molar-refractivity contribution in [1.82, 2.24) is 4.72 Å². The van der Waals surface area contributed by atoms with E-state index in [1.165, 1.54) is 7.05 Å². The predicted molar refractivity (Wildman–Crippen MR) is 79.1 cm³/mol. The number of amides is 1. The summed E-state index contributed by atoms with van der Waals surface area (Å²) in [5.41, 5.74) is 1.47. The van der Waals surface area contributed by atoms with E-state index in [0.29, 0.717) is 12.2 Å². The first-order valence-electron chi connectivity index (χ1n) is 6.40. The molecule has 0 fully saturated rings. The standard InChI is InChI=1S/C13H19N3O3S/c1-5-16-11-7-6-9(15-20(18,19)14-4)8-10(11)13(2,3)12(16)17/h6-8,14-15H,5H2,1-4H3. The van der Waals surface area contributed by atoms with Crippen molar-refractivity contribution in [2.75, 3.05) is 23.2 Å². The summed E-state index contributed by atoms with van der Waals surface area (Å²) in [6.45, 7) is 6.21. The molecule has 0 aliphatic carbocycles. The Morgan fingerprint density at radius 2 is 1.95 bits per heavy atom. The van der Waals surface area contributed by atoms with Gasteiger partial charge in [0, 0.05) is 19.3 Å². The summed E-state index contributed by atoms with van der Waals surface area (Å²) >= 11 is 0. The van der Waals surface area contributed by atoms with Crippen LogP contribution in [0.3, 0.4) is 0 Å². The molecule has 0 saturated heterocycles. The molecular weight excluding hydrogens is 278 g/mol. The van der Waals surface area contributed by atoms with Crippen molar-refractivity contribution in [2.45, 2.75) is 26.2 Å². The van der Waals surface area contributed by atoms with Crippen LogP contribution in [0.4, 0.5) is 11.4 Å². The van der Waals surface area contributed by atoms with Gasteiger partial charge in [0.15, 0.2) is 0 Å². The maximum absolute atomic E-state index is 12.3. The van der Waals surface area contributed by atoms with Gasteiger partial charge in [-0.25, -0.2) is 4.72 Å². The number of carbonyl (C=O) groups is 1. The molecule has 0 aromatic heterocycles. The number of hydrogen-bond donors (Lipinski definition) is 2. The topological polar surface area (TPSA) is 78.5 Å². The molecule has 6 nitrogen and oxygen atoms in total. The van der Waals surface area contributed by atoms with Gasteiger partial charge in [0.05, 0.1) is 11.1 Å². The van der Waals surface area contributed by atoms with Crippen LogP contribution >= 0.6 is 0 Å². The third-order valence-corrected chi connectivity index (χ3v) is 4.62. The van der Waals surface area contributed by atoms with E-state index in [4.69, 9.17) is 0 Å². The summed E-state index contributed by atoms with van der Waals surface area (Å²) in [6, 6.07) is 5.15. The molecule has 1 aromatic rings. The van der Waals surface area contributed by atoms with Crippen molar-refractivity contribution in [3.8, 4) is 0 Å². The van der Waals surface area contributed by atoms with Gasteiger partial charge in [0.1, 0.15) is 0 Å². The molecule has 1 aromatic carbocycles. The van der Waals surface area contributed by atoms with E-state index < -0.39 is 15.6 Å². The van der Waals surface area contributed by atoms with Crippen molar-refractivity contribution >= 4 is 27.5 Å². The normalized spacial score (nSPS) is 17.2. The van der Waals surface area contributed by atoms with Gasteiger partial charge in [0.2, 0.25) is 5.91 Å². The lowest BCUT2D eigenvalue weighted by Gasteiger charge is -2.18. The van der Waals surface area contributed by atoms with Gasteiger partial charge in [-0.05, 0) is 44.5 Å². The molecule has 0 unspecified atom stereocenters. The van der Waals surface area contributed by atoms with Gasteiger partial charge in [-0.15, -0.1) is 0 Å². The largest absolute Gasteiger partial charge is 0.312 e. The van der Waals surface area contributed by atoms with Gasteiger partial charge in [-0.3, -0.25) is 9.52 Å². The van der Waals surface area contributed by atoms with Crippen LogP contribution in [0.15, 0.2) is 18.2 Å². The number of rotatable bonds is 4. The smallest absolute Gasteiger partial charge is 0.298 e. The zero-order chi connectivity index (χ0) is 15.1. The van der Waals surface area contributed by atoms with Gasteiger partial charge in [-0.1, -0.05) is 0 Å². The molecule has 2 N–H and O–H groups in total. The van der Waals surface area contributed by atoms with Crippen molar-refractivity contribution in [3.63, 3.8) is 0 Å². The minimum absolute atomic E-state index is 0.0311. The molecule has 1 aliphatic heterocycles. The highest BCUT2D eigenvalue weighted by molar-refractivity contribution is 7.90. The summed E-state index contributed by atoms with van der Waals surface area (Å²) < 4.78 is 27.6. The SMILES string of the molecule is CCN1C(=O)C(C)(C)c2cc(NS(=O)(=O)NC)ccc21. The molecule has 0 radical (unpaired) electrons. The van der Waals surface area contributed by atoms with Gasteiger partial charge in [-0.2, -0.15) is 8.42 Å². The van der Waals surface area contributed by atoms with E-state index >= 15 is 0 Å². The molecule has 2 rings (SSSR count). The zero-order valence-electron chi connectivity index (χ0n) is 12.0. The molecule has 0 bridgehead atoms. The van der Waals surface area contributed by atoms with E-state index in [-0.39, 0.29) is 5.91 Å². The number of fused-ring (bicyclic) bond motifs is 1. The second-order valence-electron chi connectivity index (χ2n) is 5.22. The fourth-order valence-corrected chi connectivity index (χ4v) is 2.96. The average Bonchev–Trinajstić information content (AvgIpc) is 2.58. The monoisotopic (exact) mass is 297 g/mol. The van der Waals surface area contributed by atoms with E-state index in [2.05, 4.69) is 9.44 Å². The van der Waals surface area contributed by atoms with E-state index in [1.807, 2.05) is 20.8 Å². The highest BCUT2D eigenvalue weighted by Gasteiger charge is 2.43. The maximum Gasteiger partial charge on any atom is 0.298 e. The minimum Gasteiger partial charge on any atom is -0.312 e. The first kappa shape index (κ1) is 14.8. The van der Waals surface area contributed by atoms with Crippen molar-refractivity contribution in [2.24, 2.45) is 0 Å². The van der Waals surface area contributed by atoms with Crippen LogP contribution in [-0.4, -0.2) is 27.9 Å². The lowest BCUT2D eigenvalue weighted by atomic mass is 9.86. The van der Waals surface area contributed by atoms with E-state index in [1.54, 1.807) is 23.1 Å². The molecule has 0 atom stereocenters. The van der Waals surface area contributed by atoms with Crippen molar-refractivity contribution < 1.29 is 13.2 Å². The highest BCUT2D eigenvalue weighted by Crippen LogP contribution is 2.42. The molecule has 110 valence electrons. The van der Waals surface area contributed by atoms with Crippen LogP contribution in [0.5, 0.6) is 0 Å². The van der Waals surface area contributed by atoms with Crippen LogP contribution in [0.2, 0.25) is 0 Å².